The number of benzene rings is 1. The molecule has 0 aromatic heterocycles. The summed E-state index contributed by atoms with van der Waals surface area (Å²) in [5, 5.41) is 7.01. The van der Waals surface area contributed by atoms with Crippen LogP contribution in [0, 0.1) is 5.82 Å². The summed E-state index contributed by atoms with van der Waals surface area (Å²) in [5.41, 5.74) is 1.18. The van der Waals surface area contributed by atoms with Gasteiger partial charge in [0.05, 0.1) is 31.0 Å². The van der Waals surface area contributed by atoms with Gasteiger partial charge in [0.15, 0.2) is 0 Å². The third kappa shape index (κ3) is 3.61. The van der Waals surface area contributed by atoms with Gasteiger partial charge >= 0.3 is 0 Å². The summed E-state index contributed by atoms with van der Waals surface area (Å²) in [7, 11) is 1.58. The Balaban J connectivity index is 1.44. The highest BCUT2D eigenvalue weighted by Gasteiger charge is 2.37. The molecule has 3 heterocycles. The van der Waals surface area contributed by atoms with E-state index in [-0.39, 0.29) is 24.3 Å². The Labute approximate surface area is 151 Å². The van der Waals surface area contributed by atoms with E-state index in [1.54, 1.807) is 18.1 Å². The van der Waals surface area contributed by atoms with Crippen LogP contribution in [0.4, 0.5) is 15.8 Å². The normalized spacial score (nSPS) is 30.6. The quantitative estimate of drug-likeness (QED) is 0.756. The van der Waals surface area contributed by atoms with Gasteiger partial charge in [-0.25, -0.2) is 4.39 Å². The van der Waals surface area contributed by atoms with Gasteiger partial charge in [0.2, 0.25) is 6.41 Å². The molecule has 0 aliphatic carbocycles. The molecule has 0 bridgehead atoms. The van der Waals surface area contributed by atoms with E-state index in [0.717, 1.165) is 0 Å². The zero-order valence-corrected chi connectivity index (χ0v) is 14.8. The number of methoxy groups -OCH3 is 1. The van der Waals surface area contributed by atoms with E-state index >= 15 is 0 Å². The van der Waals surface area contributed by atoms with Gasteiger partial charge in [0, 0.05) is 19.3 Å². The second-order valence-corrected chi connectivity index (χ2v) is 6.51. The van der Waals surface area contributed by atoms with Crippen LogP contribution in [-0.2, 0) is 19.0 Å². The zero-order valence-electron chi connectivity index (χ0n) is 14.8. The number of anilines is 2. The highest BCUT2D eigenvalue weighted by atomic mass is 19.1. The Bertz CT molecular complexity index is 676. The lowest BCUT2D eigenvalue weighted by Gasteiger charge is -2.26. The molecule has 3 aliphatic rings. The fraction of sp³-hybridized carbons (Fsp3) is 0.588. The smallest absolute Gasteiger partial charge is 0.240 e. The van der Waals surface area contributed by atoms with Gasteiger partial charge in [-0.05, 0) is 25.1 Å². The maximum absolute atomic E-state index is 14.6. The number of nitrogens with zero attached hydrogens (tertiary/aromatic N) is 3. The average molecular weight is 366 g/mol. The van der Waals surface area contributed by atoms with Crippen molar-refractivity contribution in [1.29, 1.82) is 0 Å². The van der Waals surface area contributed by atoms with Crippen LogP contribution < -0.4 is 15.1 Å². The first-order valence-corrected chi connectivity index (χ1v) is 8.71. The number of ether oxygens (including phenoxy) is 3. The molecule has 1 N–H and O–H groups in total. The molecule has 26 heavy (non-hydrogen) atoms. The minimum atomic E-state index is -0.547. The van der Waals surface area contributed by atoms with Gasteiger partial charge in [0.25, 0.3) is 0 Å². The Morgan fingerprint density at radius 1 is 1.38 bits per heavy atom. The molecule has 0 radical (unpaired) electrons. The predicted molar refractivity (Wildman–Crippen MR) is 93.5 cm³/mol. The summed E-state index contributed by atoms with van der Waals surface area (Å²) in [5.74, 6) is -0.326. The number of halogens is 1. The summed E-state index contributed by atoms with van der Waals surface area (Å²) in [6, 6.07) is 5.09. The summed E-state index contributed by atoms with van der Waals surface area (Å²) in [6.07, 6.45) is 1.22. The Morgan fingerprint density at radius 2 is 2.23 bits per heavy atom. The minimum absolute atomic E-state index is 0.0644. The first kappa shape index (κ1) is 17.5. The molecular weight excluding hydrogens is 343 g/mol. The molecule has 9 heteroatoms. The molecule has 0 saturated carbocycles. The first-order valence-electron chi connectivity index (χ1n) is 8.71. The van der Waals surface area contributed by atoms with Crippen LogP contribution in [0.5, 0.6) is 0 Å². The highest BCUT2D eigenvalue weighted by Crippen LogP contribution is 2.30. The number of hydrogen-bond acceptors (Lipinski definition) is 8. The third-order valence-corrected chi connectivity index (χ3v) is 4.68. The van der Waals surface area contributed by atoms with Crippen LogP contribution in [0.25, 0.3) is 0 Å². The van der Waals surface area contributed by atoms with Crippen LogP contribution in [-0.4, -0.2) is 64.5 Å². The fourth-order valence-corrected chi connectivity index (χ4v) is 3.19. The molecule has 1 aromatic carbocycles. The SMILES string of the molecule is COC1OC(CNC2OC2C)CN1c1ccc(N2C=NOCC2)c(F)c1. The van der Waals surface area contributed by atoms with Gasteiger partial charge in [-0.3, -0.25) is 5.32 Å². The van der Waals surface area contributed by atoms with E-state index in [2.05, 4.69) is 10.5 Å². The zero-order chi connectivity index (χ0) is 18.1. The molecule has 142 valence electrons. The average Bonchev–Trinajstić information content (AvgIpc) is 3.21. The lowest BCUT2D eigenvalue weighted by Crippen LogP contribution is -2.34. The van der Waals surface area contributed by atoms with Crippen molar-refractivity contribution < 1.29 is 23.4 Å². The Morgan fingerprint density at radius 3 is 2.88 bits per heavy atom. The molecule has 4 unspecified atom stereocenters. The van der Waals surface area contributed by atoms with Gasteiger partial charge < -0.3 is 28.8 Å². The lowest BCUT2D eigenvalue weighted by molar-refractivity contribution is -0.112. The number of hydrogen-bond donors (Lipinski definition) is 1. The van der Waals surface area contributed by atoms with E-state index in [1.807, 2.05) is 17.9 Å². The Kier molecular flexibility index (Phi) is 4.94. The van der Waals surface area contributed by atoms with Crippen LogP contribution in [0.1, 0.15) is 6.92 Å². The molecule has 8 nitrogen and oxygen atoms in total. The van der Waals surface area contributed by atoms with Crippen molar-refractivity contribution in [1.82, 2.24) is 5.32 Å². The fourth-order valence-electron chi connectivity index (χ4n) is 3.19. The van der Waals surface area contributed by atoms with Crippen LogP contribution in [0.15, 0.2) is 23.4 Å². The monoisotopic (exact) mass is 366 g/mol. The lowest BCUT2D eigenvalue weighted by atomic mass is 10.2. The summed E-state index contributed by atoms with van der Waals surface area (Å²) >= 11 is 0. The maximum Gasteiger partial charge on any atom is 0.240 e. The molecule has 1 aromatic rings. The van der Waals surface area contributed by atoms with Crippen molar-refractivity contribution >= 4 is 17.7 Å². The van der Waals surface area contributed by atoms with Crippen molar-refractivity contribution in [2.75, 3.05) is 43.2 Å². The maximum atomic E-state index is 14.6. The third-order valence-electron chi connectivity index (χ3n) is 4.68. The van der Waals surface area contributed by atoms with Gasteiger partial charge in [0.1, 0.15) is 25.0 Å². The molecular formula is C17H23FN4O4. The molecule has 0 amide bonds. The van der Waals surface area contributed by atoms with Crippen molar-refractivity contribution in [3.05, 3.63) is 24.0 Å². The number of oxime groups is 1. The first-order chi connectivity index (χ1) is 12.7. The van der Waals surface area contributed by atoms with Gasteiger partial charge in [-0.15, -0.1) is 0 Å². The molecule has 0 spiro atoms. The van der Waals surface area contributed by atoms with Crippen LogP contribution >= 0.6 is 0 Å². The summed E-state index contributed by atoms with van der Waals surface area (Å²) < 4.78 is 31.3. The highest BCUT2D eigenvalue weighted by molar-refractivity contribution is 5.80. The van der Waals surface area contributed by atoms with Crippen molar-refractivity contribution in [3.63, 3.8) is 0 Å². The van der Waals surface area contributed by atoms with Crippen molar-refractivity contribution in [2.45, 2.75) is 31.8 Å². The largest absolute Gasteiger partial charge is 0.393 e. The van der Waals surface area contributed by atoms with E-state index in [1.165, 1.54) is 12.4 Å². The van der Waals surface area contributed by atoms with Gasteiger partial charge in [-0.1, -0.05) is 5.16 Å². The van der Waals surface area contributed by atoms with Crippen LogP contribution in [0.3, 0.4) is 0 Å². The van der Waals surface area contributed by atoms with Gasteiger partial charge in [-0.2, -0.15) is 0 Å². The molecule has 4 atom stereocenters. The second kappa shape index (κ2) is 7.36. The van der Waals surface area contributed by atoms with Crippen LogP contribution in [0.2, 0.25) is 0 Å². The summed E-state index contributed by atoms with van der Waals surface area (Å²) in [4.78, 5) is 8.54. The Hall–Kier alpha value is -1.94. The van der Waals surface area contributed by atoms with E-state index < -0.39 is 6.41 Å². The standard InChI is InChI=1S/C17H23FN4O4/c1-11-16(25-11)19-8-13-9-22(17(23-2)26-13)12-3-4-15(14(18)7-12)21-5-6-24-20-10-21/h3-4,7,10-11,13,16-17,19H,5-6,8-9H2,1-2H3. The number of epoxide rings is 1. The topological polar surface area (TPSA) is 71.1 Å². The summed E-state index contributed by atoms with van der Waals surface area (Å²) in [6.45, 7) is 4.26. The van der Waals surface area contributed by atoms with E-state index in [9.17, 15) is 4.39 Å². The molecule has 4 rings (SSSR count). The molecule has 3 aliphatic heterocycles. The predicted octanol–water partition coefficient (Wildman–Crippen LogP) is 1.08. The number of nitrogens with one attached hydrogen (secondary N) is 1. The molecule has 2 saturated heterocycles. The second-order valence-electron chi connectivity index (χ2n) is 6.51. The van der Waals surface area contributed by atoms with E-state index in [0.29, 0.717) is 37.6 Å². The minimum Gasteiger partial charge on any atom is -0.393 e. The van der Waals surface area contributed by atoms with Crippen molar-refractivity contribution in [2.24, 2.45) is 5.16 Å². The molecule has 2 fully saturated rings. The van der Waals surface area contributed by atoms with Crippen molar-refractivity contribution in [3.8, 4) is 0 Å². The van der Waals surface area contributed by atoms with E-state index in [4.69, 9.17) is 19.0 Å². The number of rotatable bonds is 6.